The van der Waals surface area contributed by atoms with E-state index in [2.05, 4.69) is 0 Å². The molecule has 0 unspecified atom stereocenters. The molecule has 0 spiro atoms. The van der Waals surface area contributed by atoms with Gasteiger partial charge in [-0.05, 0) is 42.3 Å². The highest BCUT2D eigenvalue weighted by molar-refractivity contribution is 7.90. The minimum atomic E-state index is -3.39. The molecule has 1 fully saturated rings. The van der Waals surface area contributed by atoms with Gasteiger partial charge in [-0.1, -0.05) is 29.8 Å². The van der Waals surface area contributed by atoms with Crippen LogP contribution in [0.5, 0.6) is 0 Å². The molecular weight excluding hydrogens is 412 g/mol. The highest BCUT2D eigenvalue weighted by atomic mass is 35.5. The van der Waals surface area contributed by atoms with Crippen molar-refractivity contribution in [2.75, 3.05) is 32.4 Å². The molecule has 0 aliphatic carbocycles. The van der Waals surface area contributed by atoms with Gasteiger partial charge in [0.2, 0.25) is 5.91 Å². The lowest BCUT2D eigenvalue weighted by Gasteiger charge is -2.35. The van der Waals surface area contributed by atoms with Gasteiger partial charge < -0.3 is 9.80 Å². The number of carbonyl (C=O) groups excluding carboxylic acids is 2. The fourth-order valence-corrected chi connectivity index (χ4v) is 4.05. The van der Waals surface area contributed by atoms with Crippen LogP contribution in [0.3, 0.4) is 0 Å². The second-order valence-corrected chi connectivity index (χ2v) is 9.68. The second kappa shape index (κ2) is 8.55. The van der Waals surface area contributed by atoms with Crippen LogP contribution >= 0.6 is 11.6 Å². The van der Waals surface area contributed by atoms with Gasteiger partial charge in [0.05, 0.1) is 11.3 Å². The van der Waals surface area contributed by atoms with Crippen LogP contribution in [0.4, 0.5) is 0 Å². The van der Waals surface area contributed by atoms with E-state index < -0.39 is 9.84 Å². The number of sulfone groups is 1. The molecule has 3 rings (SSSR count). The van der Waals surface area contributed by atoms with Gasteiger partial charge in [-0.3, -0.25) is 9.59 Å². The van der Waals surface area contributed by atoms with Gasteiger partial charge in [-0.25, -0.2) is 8.42 Å². The Morgan fingerprint density at radius 1 is 0.966 bits per heavy atom. The third-order valence-electron chi connectivity index (χ3n) is 5.06. The zero-order valence-electron chi connectivity index (χ0n) is 16.4. The van der Waals surface area contributed by atoms with Crippen molar-refractivity contribution in [2.45, 2.75) is 18.2 Å². The summed E-state index contributed by atoms with van der Waals surface area (Å²) >= 11 is 5.87. The Kier molecular flexibility index (Phi) is 6.29. The molecule has 0 saturated carbocycles. The largest absolute Gasteiger partial charge is 0.339 e. The first-order valence-electron chi connectivity index (χ1n) is 9.27. The Hall–Kier alpha value is -2.38. The Labute approximate surface area is 176 Å². The third-order valence-corrected chi connectivity index (χ3v) is 6.42. The van der Waals surface area contributed by atoms with Crippen LogP contribution in [-0.2, 0) is 21.1 Å². The summed E-state index contributed by atoms with van der Waals surface area (Å²) in [5, 5.41) is 0.628. The van der Waals surface area contributed by atoms with Crippen molar-refractivity contribution in [2.24, 2.45) is 0 Å². The van der Waals surface area contributed by atoms with Crippen molar-refractivity contribution >= 4 is 33.3 Å². The van der Waals surface area contributed by atoms with E-state index in [1.165, 1.54) is 12.1 Å². The molecule has 0 N–H and O–H groups in total. The fourth-order valence-electron chi connectivity index (χ4n) is 3.28. The summed E-state index contributed by atoms with van der Waals surface area (Å²) in [6.07, 6.45) is 1.41. The van der Waals surface area contributed by atoms with Crippen molar-refractivity contribution < 1.29 is 18.0 Å². The highest BCUT2D eigenvalue weighted by Crippen LogP contribution is 2.19. The van der Waals surface area contributed by atoms with Gasteiger partial charge in [-0.2, -0.15) is 0 Å². The third kappa shape index (κ3) is 5.16. The minimum Gasteiger partial charge on any atom is -0.339 e. The van der Waals surface area contributed by atoms with Crippen LogP contribution in [0, 0.1) is 6.92 Å². The molecule has 6 nitrogen and oxygen atoms in total. The normalized spacial score (nSPS) is 14.7. The number of piperazine rings is 1. The summed E-state index contributed by atoms with van der Waals surface area (Å²) in [6, 6.07) is 11.8. The van der Waals surface area contributed by atoms with Crippen molar-refractivity contribution in [3.05, 3.63) is 64.2 Å². The van der Waals surface area contributed by atoms with E-state index in [1.807, 2.05) is 12.1 Å². The number of hydrogen-bond donors (Lipinski definition) is 0. The zero-order valence-corrected chi connectivity index (χ0v) is 18.0. The highest BCUT2D eigenvalue weighted by Gasteiger charge is 2.26. The summed E-state index contributed by atoms with van der Waals surface area (Å²) < 4.78 is 23.6. The fraction of sp³-hybridized carbons (Fsp3) is 0.333. The second-order valence-electron chi connectivity index (χ2n) is 7.23. The van der Waals surface area contributed by atoms with Crippen LogP contribution in [0.2, 0.25) is 5.02 Å². The van der Waals surface area contributed by atoms with Crippen LogP contribution in [0.15, 0.2) is 47.4 Å². The average Bonchev–Trinajstić information content (AvgIpc) is 2.69. The van der Waals surface area contributed by atoms with E-state index in [9.17, 15) is 18.0 Å². The van der Waals surface area contributed by atoms with Crippen molar-refractivity contribution in [3.63, 3.8) is 0 Å². The van der Waals surface area contributed by atoms with Crippen LogP contribution in [0.25, 0.3) is 0 Å². The molecule has 1 aliphatic heterocycles. The Balaban J connectivity index is 1.64. The van der Waals surface area contributed by atoms with Gasteiger partial charge in [0, 0.05) is 43.0 Å². The summed E-state index contributed by atoms with van der Waals surface area (Å²) in [5.74, 6) is -0.201. The van der Waals surface area contributed by atoms with E-state index in [4.69, 9.17) is 11.6 Å². The van der Waals surface area contributed by atoms with Crippen molar-refractivity contribution in [1.29, 1.82) is 0 Å². The lowest BCUT2D eigenvalue weighted by Crippen LogP contribution is -2.51. The average molecular weight is 435 g/mol. The standard InChI is InChI=1S/C21H23ClN2O4S/c1-15-3-8-18(29(2,27)28)14-19(15)21(26)24-11-9-23(10-12-24)20(25)13-16-4-6-17(22)7-5-16/h3-8,14H,9-13H2,1-2H3. The van der Waals surface area contributed by atoms with E-state index >= 15 is 0 Å². The number of halogens is 1. The van der Waals surface area contributed by atoms with Gasteiger partial charge in [0.15, 0.2) is 9.84 Å². The Bertz CT molecular complexity index is 1030. The molecule has 0 atom stereocenters. The summed E-state index contributed by atoms with van der Waals surface area (Å²) in [4.78, 5) is 29.0. The molecule has 1 heterocycles. The minimum absolute atomic E-state index is 0.00896. The summed E-state index contributed by atoms with van der Waals surface area (Å²) in [6.45, 7) is 3.50. The smallest absolute Gasteiger partial charge is 0.254 e. The Morgan fingerprint density at radius 2 is 1.55 bits per heavy atom. The lowest BCUT2D eigenvalue weighted by atomic mass is 10.1. The van der Waals surface area contributed by atoms with Crippen LogP contribution in [0.1, 0.15) is 21.5 Å². The van der Waals surface area contributed by atoms with E-state index in [1.54, 1.807) is 34.9 Å². The molecule has 0 bridgehead atoms. The molecule has 0 radical (unpaired) electrons. The number of rotatable bonds is 4. The first kappa shape index (κ1) is 21.3. The zero-order chi connectivity index (χ0) is 21.2. The van der Waals surface area contributed by atoms with Gasteiger partial charge in [-0.15, -0.1) is 0 Å². The Morgan fingerprint density at radius 3 is 2.14 bits per heavy atom. The van der Waals surface area contributed by atoms with E-state index in [-0.39, 0.29) is 16.7 Å². The van der Waals surface area contributed by atoms with Crippen LogP contribution in [-0.4, -0.2) is 62.5 Å². The number of nitrogens with zero attached hydrogens (tertiary/aromatic N) is 2. The lowest BCUT2D eigenvalue weighted by molar-refractivity contribution is -0.131. The molecule has 1 aliphatic rings. The SMILES string of the molecule is Cc1ccc(S(C)(=O)=O)cc1C(=O)N1CCN(C(=O)Cc2ccc(Cl)cc2)CC1. The molecule has 2 amide bonds. The molecule has 29 heavy (non-hydrogen) atoms. The molecule has 8 heteroatoms. The van der Waals surface area contributed by atoms with Gasteiger partial charge in [0.25, 0.3) is 5.91 Å². The maximum atomic E-state index is 12.9. The topological polar surface area (TPSA) is 74.8 Å². The molecule has 2 aromatic carbocycles. The molecule has 1 saturated heterocycles. The molecule has 0 aromatic heterocycles. The first-order valence-corrected chi connectivity index (χ1v) is 11.5. The maximum absolute atomic E-state index is 12.9. The molecule has 2 aromatic rings. The number of amides is 2. The van der Waals surface area contributed by atoms with E-state index in [0.717, 1.165) is 17.4 Å². The predicted molar refractivity (Wildman–Crippen MR) is 112 cm³/mol. The number of carbonyl (C=O) groups is 2. The van der Waals surface area contributed by atoms with Crippen molar-refractivity contribution in [3.8, 4) is 0 Å². The number of hydrogen-bond acceptors (Lipinski definition) is 4. The predicted octanol–water partition coefficient (Wildman–Crippen LogP) is 2.58. The molecular formula is C21H23ClN2O4S. The summed E-state index contributed by atoms with van der Waals surface area (Å²) in [7, 11) is -3.39. The monoisotopic (exact) mass is 434 g/mol. The quantitative estimate of drug-likeness (QED) is 0.741. The number of aryl methyl sites for hydroxylation is 1. The van der Waals surface area contributed by atoms with Crippen LogP contribution < -0.4 is 0 Å². The summed E-state index contributed by atoms with van der Waals surface area (Å²) in [5.41, 5.74) is 2.00. The van der Waals surface area contributed by atoms with E-state index in [0.29, 0.717) is 43.2 Å². The maximum Gasteiger partial charge on any atom is 0.254 e. The number of benzene rings is 2. The van der Waals surface area contributed by atoms with Gasteiger partial charge >= 0.3 is 0 Å². The van der Waals surface area contributed by atoms with Gasteiger partial charge in [0.1, 0.15) is 0 Å². The molecule has 154 valence electrons. The first-order chi connectivity index (χ1) is 13.6. The van der Waals surface area contributed by atoms with Crippen molar-refractivity contribution in [1.82, 2.24) is 9.80 Å².